The maximum absolute atomic E-state index is 11.7. The molecule has 1 aromatic heterocycles. The van der Waals surface area contributed by atoms with E-state index in [0.29, 0.717) is 17.9 Å². The highest BCUT2D eigenvalue weighted by molar-refractivity contribution is 7.91. The van der Waals surface area contributed by atoms with Gasteiger partial charge in [-0.1, -0.05) is 0 Å². The van der Waals surface area contributed by atoms with Crippen molar-refractivity contribution < 1.29 is 8.42 Å². The third-order valence-electron chi connectivity index (χ3n) is 2.57. The number of hydrogen-bond donors (Lipinski definition) is 1. The van der Waals surface area contributed by atoms with E-state index in [1.165, 1.54) is 0 Å². The van der Waals surface area contributed by atoms with Crippen molar-refractivity contribution in [3.8, 4) is 0 Å². The van der Waals surface area contributed by atoms with Crippen molar-refractivity contribution in [3.63, 3.8) is 0 Å². The molecule has 15 heavy (non-hydrogen) atoms. The first-order chi connectivity index (χ1) is 7.13. The molecule has 1 aliphatic rings. The van der Waals surface area contributed by atoms with Crippen molar-refractivity contribution >= 4 is 9.84 Å². The smallest absolute Gasteiger partial charge is 0.158 e. The molecule has 0 aliphatic carbocycles. The molecule has 1 unspecified atom stereocenters. The number of sulfone groups is 1. The number of hydrogen-bond acceptors (Lipinski definition) is 5. The van der Waals surface area contributed by atoms with Gasteiger partial charge in [-0.05, 0) is 18.9 Å². The zero-order valence-electron chi connectivity index (χ0n) is 8.26. The minimum atomic E-state index is -3.00. The molecule has 5 nitrogen and oxygen atoms in total. The molecule has 82 valence electrons. The van der Waals surface area contributed by atoms with Gasteiger partial charge in [-0.15, -0.1) is 0 Å². The van der Waals surface area contributed by atoms with Gasteiger partial charge in [-0.25, -0.2) is 18.4 Å². The summed E-state index contributed by atoms with van der Waals surface area (Å²) in [5.41, 5.74) is 6.00. The van der Waals surface area contributed by atoms with Crippen LogP contribution in [0.5, 0.6) is 0 Å². The van der Waals surface area contributed by atoms with Crippen LogP contribution in [0.1, 0.15) is 29.6 Å². The summed E-state index contributed by atoms with van der Waals surface area (Å²) in [7, 11) is -3.00. The fraction of sp³-hybridized carbons (Fsp3) is 0.556. The van der Waals surface area contributed by atoms with E-state index in [4.69, 9.17) is 5.73 Å². The minimum Gasteiger partial charge on any atom is -0.324 e. The third kappa shape index (κ3) is 2.00. The lowest BCUT2D eigenvalue weighted by atomic mass is 10.2. The van der Waals surface area contributed by atoms with E-state index < -0.39 is 15.1 Å². The van der Waals surface area contributed by atoms with Crippen LogP contribution < -0.4 is 5.73 Å². The summed E-state index contributed by atoms with van der Waals surface area (Å²) in [6, 6.07) is 1.66. The molecule has 6 heteroatoms. The molecule has 1 atom stereocenters. The summed E-state index contributed by atoms with van der Waals surface area (Å²) in [6.45, 7) is 0.237. The Hall–Kier alpha value is -1.01. The second-order valence-electron chi connectivity index (χ2n) is 3.60. The SMILES string of the molecule is NCc1nccc(C2CCCS2(=O)=O)n1. The molecule has 0 bridgehead atoms. The van der Waals surface area contributed by atoms with Gasteiger partial charge in [-0.3, -0.25) is 0 Å². The number of nitrogens with zero attached hydrogens (tertiary/aromatic N) is 2. The molecule has 1 aliphatic heterocycles. The number of nitrogens with two attached hydrogens (primary N) is 1. The van der Waals surface area contributed by atoms with Crippen molar-refractivity contribution in [2.75, 3.05) is 5.75 Å². The monoisotopic (exact) mass is 227 g/mol. The lowest BCUT2D eigenvalue weighted by molar-refractivity contribution is 0.590. The van der Waals surface area contributed by atoms with Crippen LogP contribution in [-0.4, -0.2) is 24.1 Å². The van der Waals surface area contributed by atoms with E-state index in [9.17, 15) is 8.42 Å². The second-order valence-corrected chi connectivity index (χ2v) is 5.90. The highest BCUT2D eigenvalue weighted by Gasteiger charge is 2.33. The summed E-state index contributed by atoms with van der Waals surface area (Å²) >= 11 is 0. The maximum Gasteiger partial charge on any atom is 0.158 e. The summed E-state index contributed by atoms with van der Waals surface area (Å²) in [6.07, 6.45) is 2.94. The Morgan fingerprint density at radius 3 is 2.93 bits per heavy atom. The van der Waals surface area contributed by atoms with Gasteiger partial charge in [0.05, 0.1) is 18.0 Å². The molecule has 0 radical (unpaired) electrons. The van der Waals surface area contributed by atoms with Crippen molar-refractivity contribution in [2.24, 2.45) is 5.73 Å². The maximum atomic E-state index is 11.7. The first kappa shape index (κ1) is 10.5. The molecular weight excluding hydrogens is 214 g/mol. The molecule has 0 amide bonds. The lowest BCUT2D eigenvalue weighted by Crippen LogP contribution is -2.12. The van der Waals surface area contributed by atoms with Crippen molar-refractivity contribution in [3.05, 3.63) is 23.8 Å². The molecule has 1 saturated heterocycles. The predicted molar refractivity (Wildman–Crippen MR) is 55.7 cm³/mol. The normalized spacial score (nSPS) is 24.2. The molecule has 0 spiro atoms. The molecule has 0 aromatic carbocycles. The molecule has 0 saturated carbocycles. The second kappa shape index (κ2) is 3.86. The van der Waals surface area contributed by atoms with E-state index in [0.717, 1.165) is 6.42 Å². The third-order valence-corrected chi connectivity index (χ3v) is 4.77. The van der Waals surface area contributed by atoms with Gasteiger partial charge in [0.25, 0.3) is 0 Å². The first-order valence-corrected chi connectivity index (χ1v) is 6.58. The zero-order valence-corrected chi connectivity index (χ0v) is 9.07. The van der Waals surface area contributed by atoms with Gasteiger partial charge in [0, 0.05) is 6.20 Å². The number of rotatable bonds is 2. The summed E-state index contributed by atoms with van der Waals surface area (Å²) < 4.78 is 23.3. The van der Waals surface area contributed by atoms with Gasteiger partial charge in [0.2, 0.25) is 0 Å². The lowest BCUT2D eigenvalue weighted by Gasteiger charge is -2.08. The standard InChI is InChI=1S/C9H13N3O2S/c10-6-9-11-4-3-7(12-9)8-2-1-5-15(8,13)14/h3-4,8H,1-2,5-6,10H2. The van der Waals surface area contributed by atoms with Crippen molar-refractivity contribution in [2.45, 2.75) is 24.6 Å². The van der Waals surface area contributed by atoms with E-state index in [1.807, 2.05) is 0 Å². The zero-order chi connectivity index (χ0) is 10.9. The summed E-state index contributed by atoms with van der Waals surface area (Å²) in [5, 5.41) is -0.453. The van der Waals surface area contributed by atoms with Crippen LogP contribution in [0.3, 0.4) is 0 Å². The first-order valence-electron chi connectivity index (χ1n) is 4.87. The molecule has 2 heterocycles. The highest BCUT2D eigenvalue weighted by atomic mass is 32.2. The molecule has 1 fully saturated rings. The van der Waals surface area contributed by atoms with E-state index in [2.05, 4.69) is 9.97 Å². The largest absolute Gasteiger partial charge is 0.324 e. The fourth-order valence-corrected chi connectivity index (χ4v) is 3.69. The van der Waals surface area contributed by atoms with E-state index >= 15 is 0 Å². The Morgan fingerprint density at radius 1 is 1.53 bits per heavy atom. The highest BCUT2D eigenvalue weighted by Crippen LogP contribution is 2.33. The van der Waals surface area contributed by atoms with Gasteiger partial charge in [0.15, 0.2) is 9.84 Å². The minimum absolute atomic E-state index is 0.237. The van der Waals surface area contributed by atoms with Gasteiger partial charge < -0.3 is 5.73 Å². The van der Waals surface area contributed by atoms with Crippen LogP contribution in [0.2, 0.25) is 0 Å². The Labute approximate surface area is 88.7 Å². The Balaban J connectivity index is 2.37. The van der Waals surface area contributed by atoms with Crippen LogP contribution in [0.25, 0.3) is 0 Å². The molecule has 1 aromatic rings. The van der Waals surface area contributed by atoms with E-state index in [1.54, 1.807) is 12.3 Å². The van der Waals surface area contributed by atoms with Crippen LogP contribution in [0.15, 0.2) is 12.3 Å². The average molecular weight is 227 g/mol. The van der Waals surface area contributed by atoms with Crippen LogP contribution in [-0.2, 0) is 16.4 Å². The van der Waals surface area contributed by atoms with Gasteiger partial charge in [0.1, 0.15) is 11.1 Å². The topological polar surface area (TPSA) is 85.9 Å². The summed E-state index contributed by atoms with van der Waals surface area (Å²) in [4.78, 5) is 8.10. The van der Waals surface area contributed by atoms with Crippen LogP contribution in [0, 0.1) is 0 Å². The van der Waals surface area contributed by atoms with Gasteiger partial charge in [-0.2, -0.15) is 0 Å². The Kier molecular flexibility index (Phi) is 2.70. The Bertz CT molecular complexity index is 458. The molecule has 2 N–H and O–H groups in total. The van der Waals surface area contributed by atoms with Crippen LogP contribution in [0.4, 0.5) is 0 Å². The number of aromatic nitrogens is 2. The average Bonchev–Trinajstić information content (AvgIpc) is 2.58. The molecular formula is C9H13N3O2S. The molecule has 2 rings (SSSR count). The fourth-order valence-electron chi connectivity index (χ4n) is 1.82. The summed E-state index contributed by atoms with van der Waals surface area (Å²) in [5.74, 6) is 0.759. The predicted octanol–water partition coefficient (Wildman–Crippen LogP) is 0.185. The van der Waals surface area contributed by atoms with Crippen LogP contribution >= 0.6 is 0 Å². The quantitative estimate of drug-likeness (QED) is 0.779. The van der Waals surface area contributed by atoms with E-state index in [-0.39, 0.29) is 12.3 Å². The van der Waals surface area contributed by atoms with Gasteiger partial charge >= 0.3 is 0 Å². The Morgan fingerprint density at radius 2 is 2.33 bits per heavy atom. The van der Waals surface area contributed by atoms with Crippen molar-refractivity contribution in [1.29, 1.82) is 0 Å². The van der Waals surface area contributed by atoms with Crippen molar-refractivity contribution in [1.82, 2.24) is 9.97 Å².